The Morgan fingerprint density at radius 3 is 3.12 bits per heavy atom. The number of aromatic nitrogens is 1. The minimum absolute atomic E-state index is 0.356. The normalized spacial score (nSPS) is 9.75. The Labute approximate surface area is 91.0 Å². The standard InChI is InChI=1S/C11H8N2O3/c14-7-9-2-1-4-13(9)6-11-10(12-8-15)3-5-16-11/h1-5,7H,6H2. The van der Waals surface area contributed by atoms with E-state index in [-0.39, 0.29) is 0 Å². The molecule has 0 aliphatic rings. The van der Waals surface area contributed by atoms with Gasteiger partial charge in [0.1, 0.15) is 11.4 Å². The van der Waals surface area contributed by atoms with Crippen molar-refractivity contribution in [1.29, 1.82) is 0 Å². The molecule has 2 rings (SSSR count). The molecule has 2 aromatic rings. The van der Waals surface area contributed by atoms with Crippen LogP contribution in [-0.2, 0) is 11.3 Å². The molecular weight excluding hydrogens is 208 g/mol. The number of isocyanates is 1. The Bertz CT molecular complexity index is 547. The van der Waals surface area contributed by atoms with E-state index in [2.05, 4.69) is 4.99 Å². The zero-order chi connectivity index (χ0) is 11.4. The molecule has 0 saturated heterocycles. The van der Waals surface area contributed by atoms with E-state index in [4.69, 9.17) is 4.42 Å². The number of hydrogen-bond acceptors (Lipinski definition) is 4. The predicted molar refractivity (Wildman–Crippen MR) is 55.4 cm³/mol. The van der Waals surface area contributed by atoms with Gasteiger partial charge < -0.3 is 8.98 Å². The quantitative estimate of drug-likeness (QED) is 0.445. The number of carbonyl (C=O) groups excluding carboxylic acids is 2. The molecule has 16 heavy (non-hydrogen) atoms. The van der Waals surface area contributed by atoms with E-state index >= 15 is 0 Å². The molecule has 0 fully saturated rings. The summed E-state index contributed by atoms with van der Waals surface area (Å²) in [5.41, 5.74) is 0.970. The average Bonchev–Trinajstić information content (AvgIpc) is 2.89. The maximum absolute atomic E-state index is 10.7. The van der Waals surface area contributed by atoms with Crippen LogP contribution in [0.15, 0.2) is 40.1 Å². The summed E-state index contributed by atoms with van der Waals surface area (Å²) >= 11 is 0. The molecule has 5 nitrogen and oxygen atoms in total. The van der Waals surface area contributed by atoms with Gasteiger partial charge in [0.05, 0.1) is 18.5 Å². The molecule has 0 spiro atoms. The second-order valence-electron chi connectivity index (χ2n) is 3.11. The van der Waals surface area contributed by atoms with Gasteiger partial charge in [-0.15, -0.1) is 0 Å². The van der Waals surface area contributed by atoms with Crippen LogP contribution in [-0.4, -0.2) is 16.9 Å². The van der Waals surface area contributed by atoms with Crippen molar-refractivity contribution in [2.45, 2.75) is 6.54 Å². The fourth-order valence-corrected chi connectivity index (χ4v) is 1.43. The zero-order valence-corrected chi connectivity index (χ0v) is 8.29. The summed E-state index contributed by atoms with van der Waals surface area (Å²) in [6.45, 7) is 0.356. The number of rotatable bonds is 4. The van der Waals surface area contributed by atoms with E-state index < -0.39 is 0 Å². The number of aliphatic imine (C=N–C) groups is 1. The molecule has 2 heterocycles. The molecule has 80 valence electrons. The summed E-state index contributed by atoms with van der Waals surface area (Å²) in [5, 5.41) is 0. The van der Waals surface area contributed by atoms with Crippen molar-refractivity contribution in [3.63, 3.8) is 0 Å². The second kappa shape index (κ2) is 4.42. The third-order valence-electron chi connectivity index (χ3n) is 2.19. The summed E-state index contributed by atoms with van der Waals surface area (Å²) < 4.78 is 6.88. The molecule has 0 aliphatic heterocycles. The Hall–Kier alpha value is -2.39. The first-order valence-corrected chi connectivity index (χ1v) is 4.59. The fraction of sp³-hybridized carbons (Fsp3) is 0.0909. The third-order valence-corrected chi connectivity index (χ3v) is 2.19. The molecule has 0 atom stereocenters. The highest BCUT2D eigenvalue weighted by Gasteiger charge is 2.08. The van der Waals surface area contributed by atoms with E-state index in [1.165, 1.54) is 12.3 Å². The van der Waals surface area contributed by atoms with Crippen LogP contribution in [0.5, 0.6) is 0 Å². The summed E-state index contributed by atoms with van der Waals surface area (Å²) in [6.07, 6.45) is 5.40. The maximum Gasteiger partial charge on any atom is 0.240 e. The lowest BCUT2D eigenvalue weighted by Crippen LogP contribution is -2.01. The van der Waals surface area contributed by atoms with Crippen LogP contribution >= 0.6 is 0 Å². The number of aldehydes is 1. The van der Waals surface area contributed by atoms with Gasteiger partial charge in [-0.1, -0.05) is 0 Å². The Morgan fingerprint density at radius 2 is 2.38 bits per heavy atom. The van der Waals surface area contributed by atoms with Crippen LogP contribution in [0.1, 0.15) is 16.2 Å². The van der Waals surface area contributed by atoms with E-state index in [0.717, 1.165) is 6.29 Å². The monoisotopic (exact) mass is 216 g/mol. The lowest BCUT2D eigenvalue weighted by molar-refractivity contribution is 0.111. The Balaban J connectivity index is 2.30. The molecular formula is C11H8N2O3. The minimum Gasteiger partial charge on any atom is -0.465 e. The van der Waals surface area contributed by atoms with Crippen molar-refractivity contribution >= 4 is 18.1 Å². The highest BCUT2D eigenvalue weighted by Crippen LogP contribution is 2.21. The van der Waals surface area contributed by atoms with Gasteiger partial charge >= 0.3 is 0 Å². The number of furan rings is 1. The van der Waals surface area contributed by atoms with Crippen LogP contribution in [0.3, 0.4) is 0 Å². The molecule has 0 amide bonds. The SMILES string of the molecule is O=C=Nc1ccoc1Cn1cccc1C=O. The number of hydrogen-bond donors (Lipinski definition) is 0. The summed E-state index contributed by atoms with van der Waals surface area (Å²) in [6, 6.07) is 5.03. The van der Waals surface area contributed by atoms with Crippen molar-refractivity contribution in [3.05, 3.63) is 42.1 Å². The molecule has 0 radical (unpaired) electrons. The largest absolute Gasteiger partial charge is 0.465 e. The summed E-state index contributed by atoms with van der Waals surface area (Å²) in [7, 11) is 0. The zero-order valence-electron chi connectivity index (χ0n) is 8.29. The molecule has 2 aromatic heterocycles. The molecule has 0 unspecified atom stereocenters. The smallest absolute Gasteiger partial charge is 0.240 e. The van der Waals surface area contributed by atoms with Gasteiger partial charge in [0.25, 0.3) is 0 Å². The number of carbonyl (C=O) groups is 1. The van der Waals surface area contributed by atoms with Crippen LogP contribution < -0.4 is 0 Å². The van der Waals surface area contributed by atoms with Gasteiger partial charge in [-0.05, 0) is 12.1 Å². The predicted octanol–water partition coefficient (Wildman–Crippen LogP) is 1.91. The first-order valence-electron chi connectivity index (χ1n) is 4.59. The van der Waals surface area contributed by atoms with E-state index in [9.17, 15) is 9.59 Å². The molecule has 0 bridgehead atoms. The molecule has 0 aliphatic carbocycles. The van der Waals surface area contributed by atoms with Gasteiger partial charge in [0.15, 0.2) is 6.29 Å². The van der Waals surface area contributed by atoms with Crippen LogP contribution in [0.2, 0.25) is 0 Å². The fourth-order valence-electron chi connectivity index (χ4n) is 1.43. The van der Waals surface area contributed by atoms with Crippen molar-refractivity contribution in [2.75, 3.05) is 0 Å². The lowest BCUT2D eigenvalue weighted by Gasteiger charge is -2.02. The minimum atomic E-state index is 0.356. The van der Waals surface area contributed by atoms with E-state index in [1.54, 1.807) is 29.0 Å². The van der Waals surface area contributed by atoms with Gasteiger partial charge in [-0.3, -0.25) is 4.79 Å². The summed E-state index contributed by atoms with van der Waals surface area (Å²) in [4.78, 5) is 24.3. The van der Waals surface area contributed by atoms with Gasteiger partial charge in [0.2, 0.25) is 6.08 Å². The topological polar surface area (TPSA) is 64.6 Å². The van der Waals surface area contributed by atoms with Gasteiger partial charge in [0, 0.05) is 12.3 Å². The number of nitrogens with zero attached hydrogens (tertiary/aromatic N) is 2. The van der Waals surface area contributed by atoms with Crippen LogP contribution in [0.25, 0.3) is 0 Å². The second-order valence-corrected chi connectivity index (χ2v) is 3.11. The van der Waals surface area contributed by atoms with Crippen molar-refractivity contribution in [1.82, 2.24) is 4.57 Å². The van der Waals surface area contributed by atoms with Gasteiger partial charge in [-0.25, -0.2) is 4.79 Å². The average molecular weight is 216 g/mol. The first kappa shape index (κ1) is 10.1. The Morgan fingerprint density at radius 1 is 1.50 bits per heavy atom. The van der Waals surface area contributed by atoms with E-state index in [0.29, 0.717) is 23.7 Å². The molecule has 5 heteroatoms. The molecule has 0 saturated carbocycles. The van der Waals surface area contributed by atoms with E-state index in [1.807, 2.05) is 0 Å². The van der Waals surface area contributed by atoms with Crippen molar-refractivity contribution in [3.8, 4) is 0 Å². The lowest BCUT2D eigenvalue weighted by atomic mass is 10.3. The third kappa shape index (κ3) is 1.85. The Kier molecular flexibility index (Phi) is 2.80. The summed E-state index contributed by atoms with van der Waals surface area (Å²) in [5.74, 6) is 0.516. The maximum atomic E-state index is 10.7. The molecule has 0 aromatic carbocycles. The van der Waals surface area contributed by atoms with Crippen molar-refractivity contribution in [2.24, 2.45) is 4.99 Å². The van der Waals surface area contributed by atoms with Crippen molar-refractivity contribution < 1.29 is 14.0 Å². The first-order chi connectivity index (χ1) is 7.85. The highest BCUT2D eigenvalue weighted by molar-refractivity contribution is 5.72. The van der Waals surface area contributed by atoms with Crippen LogP contribution in [0, 0.1) is 0 Å². The molecule has 0 N–H and O–H groups in total. The van der Waals surface area contributed by atoms with Crippen LogP contribution in [0.4, 0.5) is 5.69 Å². The van der Waals surface area contributed by atoms with Gasteiger partial charge in [-0.2, -0.15) is 4.99 Å². The highest BCUT2D eigenvalue weighted by atomic mass is 16.3.